The lowest BCUT2D eigenvalue weighted by atomic mass is 9.89. The van der Waals surface area contributed by atoms with Crippen molar-refractivity contribution in [2.24, 2.45) is 5.92 Å². The van der Waals surface area contributed by atoms with Crippen molar-refractivity contribution in [1.82, 2.24) is 15.5 Å². The summed E-state index contributed by atoms with van der Waals surface area (Å²) < 4.78 is 5.72. The van der Waals surface area contributed by atoms with Gasteiger partial charge in [-0.3, -0.25) is 9.59 Å². The molecule has 4 rings (SSSR count). The summed E-state index contributed by atoms with van der Waals surface area (Å²) in [7, 11) is 0. The number of carbonyl (C=O) groups is 2. The van der Waals surface area contributed by atoms with Gasteiger partial charge in [-0.25, -0.2) is 0 Å². The van der Waals surface area contributed by atoms with Crippen molar-refractivity contribution in [3.8, 4) is 5.75 Å². The number of halogens is 1. The van der Waals surface area contributed by atoms with Crippen molar-refractivity contribution in [3.05, 3.63) is 29.8 Å². The Morgan fingerprint density at radius 1 is 1.17 bits per heavy atom. The van der Waals surface area contributed by atoms with E-state index in [0.29, 0.717) is 25.5 Å². The standard InChI is InChI=1S/C22H31N3O3.ClH/c26-21(13-17-9-12-28-20-8-2-1-6-18(17)20)25-11-4-5-16(15-25)14-24-22(27)19-7-3-10-23-19;/h1-2,6,8,16-17,19,23H,3-5,7,9-15H2,(H,24,27);1H. The molecule has 3 aliphatic heterocycles. The quantitative estimate of drug-likeness (QED) is 0.766. The largest absolute Gasteiger partial charge is 0.493 e. The zero-order chi connectivity index (χ0) is 19.3. The van der Waals surface area contributed by atoms with E-state index < -0.39 is 0 Å². The molecule has 6 nitrogen and oxygen atoms in total. The second-order valence-electron chi connectivity index (χ2n) is 8.32. The third-order valence-corrected chi connectivity index (χ3v) is 6.32. The SMILES string of the molecule is Cl.O=C(NCC1CCCN(C(=O)CC2CCOc3ccccc32)C1)C1CCCN1. The van der Waals surface area contributed by atoms with E-state index in [-0.39, 0.29) is 36.2 Å². The fourth-order valence-corrected chi connectivity index (χ4v) is 4.70. The second-order valence-corrected chi connectivity index (χ2v) is 8.32. The molecule has 2 saturated heterocycles. The van der Waals surface area contributed by atoms with Gasteiger partial charge in [0.2, 0.25) is 11.8 Å². The molecule has 0 aliphatic carbocycles. The Labute approximate surface area is 179 Å². The Hall–Kier alpha value is -1.79. The summed E-state index contributed by atoms with van der Waals surface area (Å²) in [5.74, 6) is 1.86. The predicted molar refractivity (Wildman–Crippen MR) is 114 cm³/mol. The first-order valence-electron chi connectivity index (χ1n) is 10.7. The zero-order valence-corrected chi connectivity index (χ0v) is 17.7. The van der Waals surface area contributed by atoms with Gasteiger partial charge >= 0.3 is 0 Å². The molecular weight excluding hydrogens is 390 g/mol. The van der Waals surface area contributed by atoms with Gasteiger partial charge in [0.1, 0.15) is 5.75 Å². The van der Waals surface area contributed by atoms with Crippen LogP contribution in [0.25, 0.3) is 0 Å². The first-order chi connectivity index (χ1) is 13.7. The van der Waals surface area contributed by atoms with Crippen LogP contribution >= 0.6 is 12.4 Å². The second kappa shape index (κ2) is 10.3. The number of piperidine rings is 1. The average molecular weight is 422 g/mol. The molecular formula is C22H32ClN3O3. The summed E-state index contributed by atoms with van der Waals surface area (Å²) in [6.45, 7) is 3.86. The van der Waals surface area contributed by atoms with Crippen molar-refractivity contribution in [2.45, 2.75) is 50.5 Å². The molecule has 3 heterocycles. The van der Waals surface area contributed by atoms with Gasteiger partial charge in [-0.2, -0.15) is 0 Å². The molecule has 0 spiro atoms. The number of nitrogens with zero attached hydrogens (tertiary/aromatic N) is 1. The Balaban J connectivity index is 0.00000240. The summed E-state index contributed by atoms with van der Waals surface area (Å²) in [6, 6.07) is 8.04. The van der Waals surface area contributed by atoms with Crippen LogP contribution in [0.4, 0.5) is 0 Å². The summed E-state index contributed by atoms with van der Waals surface area (Å²) in [4.78, 5) is 27.2. The van der Waals surface area contributed by atoms with Crippen molar-refractivity contribution >= 4 is 24.2 Å². The number of ether oxygens (including phenoxy) is 1. The van der Waals surface area contributed by atoms with Crippen LogP contribution in [0.5, 0.6) is 5.75 Å². The van der Waals surface area contributed by atoms with E-state index in [1.54, 1.807) is 0 Å². The van der Waals surface area contributed by atoms with E-state index in [2.05, 4.69) is 16.7 Å². The summed E-state index contributed by atoms with van der Waals surface area (Å²) in [5.41, 5.74) is 1.16. The normalized spacial score (nSPS) is 26.1. The minimum Gasteiger partial charge on any atom is -0.493 e. The Kier molecular flexibility index (Phi) is 7.78. The van der Waals surface area contributed by atoms with E-state index in [1.165, 1.54) is 0 Å². The van der Waals surface area contributed by atoms with Gasteiger partial charge in [-0.15, -0.1) is 12.4 Å². The molecule has 3 aliphatic rings. The number of hydrogen-bond acceptors (Lipinski definition) is 4. The highest BCUT2D eigenvalue weighted by atomic mass is 35.5. The van der Waals surface area contributed by atoms with Gasteiger partial charge in [0.05, 0.1) is 12.6 Å². The van der Waals surface area contributed by atoms with Crippen molar-refractivity contribution in [2.75, 3.05) is 32.8 Å². The highest BCUT2D eigenvalue weighted by molar-refractivity contribution is 5.85. The number of benzene rings is 1. The van der Waals surface area contributed by atoms with Crippen LogP contribution in [0.3, 0.4) is 0 Å². The van der Waals surface area contributed by atoms with Gasteiger partial charge in [0.15, 0.2) is 0 Å². The number of amides is 2. The van der Waals surface area contributed by atoms with E-state index in [1.807, 2.05) is 23.1 Å². The molecule has 3 atom stereocenters. The van der Waals surface area contributed by atoms with Crippen LogP contribution in [0.2, 0.25) is 0 Å². The Morgan fingerprint density at radius 3 is 2.86 bits per heavy atom. The smallest absolute Gasteiger partial charge is 0.237 e. The highest BCUT2D eigenvalue weighted by Gasteiger charge is 2.29. The molecule has 0 radical (unpaired) electrons. The minimum atomic E-state index is -0.0325. The van der Waals surface area contributed by atoms with Gasteiger partial charge in [-0.1, -0.05) is 18.2 Å². The zero-order valence-electron chi connectivity index (χ0n) is 16.9. The lowest BCUT2D eigenvalue weighted by molar-refractivity contribution is -0.133. The monoisotopic (exact) mass is 421 g/mol. The lowest BCUT2D eigenvalue weighted by Gasteiger charge is -2.34. The van der Waals surface area contributed by atoms with Crippen LogP contribution in [-0.2, 0) is 9.59 Å². The third-order valence-electron chi connectivity index (χ3n) is 6.32. The van der Waals surface area contributed by atoms with Gasteiger partial charge < -0.3 is 20.3 Å². The maximum atomic E-state index is 13.0. The number of rotatable bonds is 5. The Morgan fingerprint density at radius 2 is 2.03 bits per heavy atom. The molecule has 0 aromatic heterocycles. The number of hydrogen-bond donors (Lipinski definition) is 2. The molecule has 0 bridgehead atoms. The fourth-order valence-electron chi connectivity index (χ4n) is 4.70. The molecule has 1 aromatic rings. The van der Waals surface area contributed by atoms with Crippen molar-refractivity contribution in [3.63, 3.8) is 0 Å². The van der Waals surface area contributed by atoms with E-state index in [4.69, 9.17) is 4.74 Å². The molecule has 2 N–H and O–H groups in total. The molecule has 1 aromatic carbocycles. The van der Waals surface area contributed by atoms with E-state index in [0.717, 1.165) is 63.1 Å². The molecule has 2 fully saturated rings. The molecule has 3 unspecified atom stereocenters. The number of para-hydroxylation sites is 1. The van der Waals surface area contributed by atoms with Gasteiger partial charge in [-0.05, 0) is 62.1 Å². The van der Waals surface area contributed by atoms with Crippen LogP contribution in [0.15, 0.2) is 24.3 Å². The molecule has 0 saturated carbocycles. The first-order valence-corrected chi connectivity index (χ1v) is 10.7. The molecule has 2 amide bonds. The molecule has 29 heavy (non-hydrogen) atoms. The highest BCUT2D eigenvalue weighted by Crippen LogP contribution is 2.36. The number of likely N-dealkylation sites (tertiary alicyclic amines) is 1. The molecule has 160 valence electrons. The van der Waals surface area contributed by atoms with Gasteiger partial charge in [0, 0.05) is 26.1 Å². The van der Waals surface area contributed by atoms with Crippen molar-refractivity contribution < 1.29 is 14.3 Å². The summed E-state index contributed by atoms with van der Waals surface area (Å²) in [5, 5.41) is 6.33. The number of nitrogens with one attached hydrogen (secondary N) is 2. The topological polar surface area (TPSA) is 70.7 Å². The summed E-state index contributed by atoms with van der Waals surface area (Å²) >= 11 is 0. The lowest BCUT2D eigenvalue weighted by Crippen LogP contribution is -2.47. The maximum absolute atomic E-state index is 13.0. The fraction of sp³-hybridized carbons (Fsp3) is 0.636. The van der Waals surface area contributed by atoms with Gasteiger partial charge in [0.25, 0.3) is 0 Å². The van der Waals surface area contributed by atoms with Crippen LogP contribution in [0, 0.1) is 5.92 Å². The summed E-state index contributed by atoms with van der Waals surface area (Å²) in [6.07, 6.45) is 5.52. The minimum absolute atomic E-state index is 0. The van der Waals surface area contributed by atoms with Crippen LogP contribution in [-0.4, -0.2) is 55.5 Å². The van der Waals surface area contributed by atoms with E-state index in [9.17, 15) is 9.59 Å². The maximum Gasteiger partial charge on any atom is 0.237 e. The number of carbonyl (C=O) groups excluding carboxylic acids is 2. The first kappa shape index (κ1) is 21.9. The molecule has 7 heteroatoms. The predicted octanol–water partition coefficient (Wildman–Crippen LogP) is 2.47. The van der Waals surface area contributed by atoms with Crippen LogP contribution < -0.4 is 15.4 Å². The van der Waals surface area contributed by atoms with Crippen molar-refractivity contribution in [1.29, 1.82) is 0 Å². The average Bonchev–Trinajstić information content (AvgIpc) is 3.27. The number of fused-ring (bicyclic) bond motifs is 1. The van der Waals surface area contributed by atoms with Crippen LogP contribution in [0.1, 0.15) is 50.0 Å². The van der Waals surface area contributed by atoms with E-state index >= 15 is 0 Å². The third kappa shape index (κ3) is 5.43. The Bertz CT molecular complexity index is 708.